The van der Waals surface area contributed by atoms with Crippen LogP contribution in [0.15, 0.2) is 71.3 Å². The summed E-state index contributed by atoms with van der Waals surface area (Å²) in [6, 6.07) is 7.43. The largest absolute Gasteiger partial charge is 0.398 e. The highest BCUT2D eigenvalue weighted by Gasteiger charge is 2.30. The summed E-state index contributed by atoms with van der Waals surface area (Å²) in [4.78, 5) is 31.5. The molecule has 1 heterocycles. The second-order valence-electron chi connectivity index (χ2n) is 14.5. The summed E-state index contributed by atoms with van der Waals surface area (Å²) in [7, 11) is 7.23. The topological polar surface area (TPSA) is 138 Å². The molecule has 2 amide bonds. The van der Waals surface area contributed by atoms with Gasteiger partial charge in [0.15, 0.2) is 11.5 Å². The number of unbranched alkanes of at least 4 members (excludes halogenated alkanes) is 1. The van der Waals surface area contributed by atoms with Crippen LogP contribution in [-0.2, 0) is 4.79 Å². The second-order valence-corrected chi connectivity index (χ2v) is 14.5. The molecule has 2 aromatic rings. The molecule has 1 saturated carbocycles. The maximum absolute atomic E-state index is 12.6. The number of nitrogens with zero attached hydrogens (tertiary/aromatic N) is 4. The van der Waals surface area contributed by atoms with Gasteiger partial charge < -0.3 is 26.6 Å². The van der Waals surface area contributed by atoms with E-state index in [1.165, 1.54) is 25.5 Å². The van der Waals surface area contributed by atoms with E-state index in [4.69, 9.17) is 5.73 Å². The van der Waals surface area contributed by atoms with Gasteiger partial charge in [0.25, 0.3) is 5.91 Å². The van der Waals surface area contributed by atoms with Crippen molar-refractivity contribution in [3.05, 3.63) is 77.6 Å². The monoisotopic (exact) mass is 765 g/mol. The Labute approximate surface area is 337 Å². The number of amides is 2. The number of allylic oxidation sites excluding steroid dienone is 6. The SMILES string of the molecule is C=C(C#CCCC)/C=C\C=C(\CC)CCC.CCC(C)CC(CC)C(/C=C(\N)c1cccc(Nc2cc(NC(=O)C3CC3)nnc2C(=O)NC)c1N(C)C)=NC. The van der Waals surface area contributed by atoms with Gasteiger partial charge in [-0.15, -0.1) is 10.2 Å². The van der Waals surface area contributed by atoms with Crippen molar-refractivity contribution in [2.24, 2.45) is 28.5 Å². The maximum Gasteiger partial charge on any atom is 0.273 e. The van der Waals surface area contributed by atoms with Crippen molar-refractivity contribution in [1.29, 1.82) is 0 Å². The Balaban J connectivity index is 0.000000570. The van der Waals surface area contributed by atoms with Crippen LogP contribution in [0.1, 0.15) is 122 Å². The van der Waals surface area contributed by atoms with Gasteiger partial charge in [0.05, 0.1) is 17.1 Å². The number of carbonyl (C=O) groups excluding carboxylic acids is 2. The molecule has 3 rings (SSSR count). The van der Waals surface area contributed by atoms with E-state index < -0.39 is 5.91 Å². The third-order valence-corrected chi connectivity index (χ3v) is 9.63. The Kier molecular flexibility index (Phi) is 21.0. The fraction of sp³-hybridized carbons (Fsp3) is 0.500. The van der Waals surface area contributed by atoms with Crippen molar-refractivity contribution < 1.29 is 9.59 Å². The molecule has 1 aromatic heterocycles. The Morgan fingerprint density at radius 2 is 1.82 bits per heavy atom. The number of anilines is 4. The molecule has 1 aliphatic rings. The standard InChI is InChI=1S/C30H44N8O2.C16H24/c1-8-18(3)15-19(9-2)24(32-4)16-22(31)21-11-10-12-23(28(21)38(6)7)34-25-17-26(35-29(39)20-13-14-20)36-37-27(25)30(40)33-5;1-5-8-9-12-15(4)13-10-14-16(7-3)11-6-2/h10-12,16-20H,8-9,13-15,31H2,1-7H3,(H,33,40)(H2,34,35,36,39);10,13-14H,4-8,11H2,1-3H3/b22-16-,32-24?;13-10-,16-14-. The summed E-state index contributed by atoms with van der Waals surface area (Å²) in [5.74, 6) is 6.87. The van der Waals surface area contributed by atoms with E-state index in [2.05, 4.69) is 103 Å². The van der Waals surface area contributed by atoms with Gasteiger partial charge in [0.1, 0.15) is 0 Å². The van der Waals surface area contributed by atoms with Crippen LogP contribution in [0.2, 0.25) is 0 Å². The minimum atomic E-state index is -0.396. The van der Waals surface area contributed by atoms with E-state index in [1.807, 2.05) is 56.4 Å². The molecular formula is C46H68N8O2. The normalized spacial score (nSPS) is 14.1. The first-order valence-corrected chi connectivity index (χ1v) is 20.3. The van der Waals surface area contributed by atoms with E-state index in [0.29, 0.717) is 23.2 Å². The number of rotatable bonds is 19. The van der Waals surface area contributed by atoms with Crippen LogP contribution >= 0.6 is 0 Å². The van der Waals surface area contributed by atoms with Crippen molar-refractivity contribution in [2.45, 2.75) is 106 Å². The predicted molar refractivity (Wildman–Crippen MR) is 238 cm³/mol. The number of aliphatic imine (C=N–C) groups is 1. The number of benzene rings is 1. The highest BCUT2D eigenvalue weighted by molar-refractivity contribution is 6.04. The first-order valence-electron chi connectivity index (χ1n) is 20.3. The smallest absolute Gasteiger partial charge is 0.273 e. The molecule has 304 valence electrons. The van der Waals surface area contributed by atoms with Crippen LogP contribution in [0.3, 0.4) is 0 Å². The lowest BCUT2D eigenvalue weighted by atomic mass is 9.87. The van der Waals surface area contributed by atoms with Crippen molar-refractivity contribution in [2.75, 3.05) is 43.7 Å². The zero-order valence-corrected chi connectivity index (χ0v) is 35.8. The number of nitrogens with one attached hydrogen (secondary N) is 3. The molecule has 0 spiro atoms. The molecule has 2 atom stereocenters. The van der Waals surface area contributed by atoms with Gasteiger partial charge in [-0.3, -0.25) is 14.6 Å². The molecular weight excluding hydrogens is 697 g/mol. The van der Waals surface area contributed by atoms with Gasteiger partial charge in [0.2, 0.25) is 5.91 Å². The molecule has 0 bridgehead atoms. The molecule has 56 heavy (non-hydrogen) atoms. The number of aromatic nitrogens is 2. The van der Waals surface area contributed by atoms with E-state index in [1.54, 1.807) is 6.07 Å². The van der Waals surface area contributed by atoms with Gasteiger partial charge in [-0.2, -0.15) is 0 Å². The lowest BCUT2D eigenvalue weighted by Gasteiger charge is -2.24. The molecule has 10 heteroatoms. The number of carbonyl (C=O) groups is 2. The molecule has 0 radical (unpaired) electrons. The average Bonchev–Trinajstić information content (AvgIpc) is 4.05. The molecule has 1 aliphatic carbocycles. The van der Waals surface area contributed by atoms with Gasteiger partial charge >= 0.3 is 0 Å². The average molecular weight is 765 g/mol. The van der Waals surface area contributed by atoms with Gasteiger partial charge in [-0.25, -0.2) is 0 Å². The molecule has 1 aromatic carbocycles. The van der Waals surface area contributed by atoms with Crippen molar-refractivity contribution in [1.82, 2.24) is 15.5 Å². The fourth-order valence-electron chi connectivity index (χ4n) is 6.01. The quantitative estimate of drug-likeness (QED) is 0.0635. The minimum absolute atomic E-state index is 0.0117. The minimum Gasteiger partial charge on any atom is -0.398 e. The summed E-state index contributed by atoms with van der Waals surface area (Å²) < 4.78 is 0. The van der Waals surface area contributed by atoms with E-state index in [0.717, 1.165) is 79.6 Å². The number of para-hydroxylation sites is 1. The van der Waals surface area contributed by atoms with Crippen LogP contribution in [0.4, 0.5) is 22.9 Å². The number of hydrogen-bond donors (Lipinski definition) is 4. The first-order chi connectivity index (χ1) is 26.9. The Bertz CT molecular complexity index is 1790. The van der Waals surface area contributed by atoms with Crippen molar-refractivity contribution in [3.63, 3.8) is 0 Å². The molecule has 1 fully saturated rings. The number of hydrogen-bond acceptors (Lipinski definition) is 8. The van der Waals surface area contributed by atoms with E-state index in [-0.39, 0.29) is 23.3 Å². The number of nitrogens with two attached hydrogens (primary N) is 1. The molecule has 10 nitrogen and oxygen atoms in total. The van der Waals surface area contributed by atoms with Gasteiger partial charge in [0, 0.05) is 75.1 Å². The van der Waals surface area contributed by atoms with E-state index >= 15 is 0 Å². The van der Waals surface area contributed by atoms with Crippen LogP contribution in [-0.4, -0.2) is 55.9 Å². The second kappa shape index (κ2) is 25.1. The summed E-state index contributed by atoms with van der Waals surface area (Å²) in [6.45, 7) is 17.1. The van der Waals surface area contributed by atoms with Crippen molar-refractivity contribution >= 4 is 46.1 Å². The van der Waals surface area contributed by atoms with E-state index in [9.17, 15) is 9.59 Å². The summed E-state index contributed by atoms with van der Waals surface area (Å²) >= 11 is 0. The molecule has 0 saturated heterocycles. The predicted octanol–water partition coefficient (Wildman–Crippen LogP) is 9.87. The van der Waals surface area contributed by atoms with Crippen molar-refractivity contribution in [3.8, 4) is 11.8 Å². The first kappa shape index (κ1) is 47.0. The van der Waals surface area contributed by atoms with Gasteiger partial charge in [-0.05, 0) is 69.1 Å². The third kappa shape index (κ3) is 15.5. The van der Waals surface area contributed by atoms with Gasteiger partial charge in [-0.1, -0.05) is 103 Å². The fourth-order valence-corrected chi connectivity index (χ4v) is 6.01. The Morgan fingerprint density at radius 1 is 1.09 bits per heavy atom. The van der Waals surface area contributed by atoms with Crippen LogP contribution in [0.5, 0.6) is 0 Å². The Hall–Kier alpha value is -5.17. The summed E-state index contributed by atoms with van der Waals surface area (Å²) in [5.41, 5.74) is 13.6. The zero-order chi connectivity index (χ0) is 41.6. The third-order valence-electron chi connectivity index (χ3n) is 9.63. The zero-order valence-electron chi connectivity index (χ0n) is 35.8. The van der Waals surface area contributed by atoms with Crippen LogP contribution in [0.25, 0.3) is 5.70 Å². The maximum atomic E-state index is 12.6. The summed E-state index contributed by atoms with van der Waals surface area (Å²) in [5, 5.41) is 16.9. The Morgan fingerprint density at radius 3 is 2.39 bits per heavy atom. The van der Waals surface area contributed by atoms with Crippen LogP contribution < -0.4 is 26.6 Å². The van der Waals surface area contributed by atoms with Crippen LogP contribution in [0, 0.1) is 29.6 Å². The molecule has 2 unspecified atom stereocenters. The highest BCUT2D eigenvalue weighted by atomic mass is 16.2. The molecule has 0 aliphatic heterocycles. The highest BCUT2D eigenvalue weighted by Crippen LogP contribution is 2.36. The molecule has 5 N–H and O–H groups in total. The summed E-state index contributed by atoms with van der Waals surface area (Å²) in [6.07, 6.45) is 18.7. The lowest BCUT2D eigenvalue weighted by Crippen LogP contribution is -2.23. The lowest BCUT2D eigenvalue weighted by molar-refractivity contribution is -0.117.